The summed E-state index contributed by atoms with van der Waals surface area (Å²) in [7, 11) is 0. The van der Waals surface area contributed by atoms with E-state index in [4.69, 9.17) is 5.11 Å². The Labute approximate surface area is 114 Å². The molecule has 96 valence electrons. The molecular formula is C14H11NO3S. The molecule has 5 heteroatoms. The number of carboxylic acids is 1. The molecule has 0 aliphatic heterocycles. The lowest BCUT2D eigenvalue weighted by molar-refractivity contribution is -0.131. The summed E-state index contributed by atoms with van der Waals surface area (Å²) in [6, 6.07) is 12.5. The van der Waals surface area contributed by atoms with Crippen LogP contribution < -0.4 is 5.32 Å². The molecule has 2 aromatic rings. The number of rotatable bonds is 4. The molecule has 0 aliphatic carbocycles. The number of amides is 1. The zero-order valence-corrected chi connectivity index (χ0v) is 10.7. The van der Waals surface area contributed by atoms with Gasteiger partial charge in [0.05, 0.1) is 4.88 Å². The molecule has 0 saturated carbocycles. The molecule has 0 atom stereocenters. The van der Waals surface area contributed by atoms with Gasteiger partial charge in [-0.3, -0.25) is 4.79 Å². The number of anilines is 1. The Bertz CT molecular complexity index is 617. The third kappa shape index (κ3) is 3.79. The van der Waals surface area contributed by atoms with Gasteiger partial charge in [0.15, 0.2) is 0 Å². The molecule has 0 saturated heterocycles. The summed E-state index contributed by atoms with van der Waals surface area (Å²) < 4.78 is 0. The van der Waals surface area contributed by atoms with Gasteiger partial charge in [-0.05, 0) is 30.3 Å². The Morgan fingerprint density at radius 3 is 2.53 bits per heavy atom. The normalized spacial score (nSPS) is 10.5. The quantitative estimate of drug-likeness (QED) is 0.841. The zero-order chi connectivity index (χ0) is 13.7. The predicted molar refractivity (Wildman–Crippen MR) is 75.4 cm³/mol. The Balaban J connectivity index is 2.06. The van der Waals surface area contributed by atoms with Crippen LogP contribution in [-0.2, 0) is 4.79 Å². The molecule has 1 aromatic carbocycles. The number of para-hydroxylation sites is 1. The van der Waals surface area contributed by atoms with Crippen molar-refractivity contribution in [2.45, 2.75) is 0 Å². The molecule has 0 aliphatic rings. The molecule has 19 heavy (non-hydrogen) atoms. The smallest absolute Gasteiger partial charge is 0.328 e. The second-order valence-corrected chi connectivity index (χ2v) is 4.81. The van der Waals surface area contributed by atoms with Crippen molar-refractivity contribution in [3.8, 4) is 0 Å². The fraction of sp³-hybridized carbons (Fsp3) is 0. The van der Waals surface area contributed by atoms with Gasteiger partial charge < -0.3 is 10.4 Å². The van der Waals surface area contributed by atoms with Crippen LogP contribution in [0.15, 0.2) is 48.5 Å². The van der Waals surface area contributed by atoms with Gasteiger partial charge >= 0.3 is 5.97 Å². The highest BCUT2D eigenvalue weighted by atomic mass is 32.1. The molecule has 4 nitrogen and oxygen atoms in total. The third-order valence-corrected chi connectivity index (χ3v) is 3.32. The average molecular weight is 273 g/mol. The Hall–Kier alpha value is -2.40. The van der Waals surface area contributed by atoms with Crippen molar-refractivity contribution in [3.63, 3.8) is 0 Å². The molecular weight excluding hydrogens is 262 g/mol. The van der Waals surface area contributed by atoms with Gasteiger partial charge in [-0.15, -0.1) is 11.3 Å². The zero-order valence-electron chi connectivity index (χ0n) is 9.87. The maximum atomic E-state index is 11.9. The van der Waals surface area contributed by atoms with Crippen molar-refractivity contribution in [2.75, 3.05) is 5.32 Å². The summed E-state index contributed by atoms with van der Waals surface area (Å²) >= 11 is 1.24. The van der Waals surface area contributed by atoms with Crippen LogP contribution in [0.25, 0.3) is 6.08 Å². The maximum Gasteiger partial charge on any atom is 0.328 e. The van der Waals surface area contributed by atoms with Crippen molar-refractivity contribution in [1.29, 1.82) is 0 Å². The monoisotopic (exact) mass is 273 g/mol. The second-order valence-electron chi connectivity index (χ2n) is 3.69. The number of hydrogen-bond donors (Lipinski definition) is 2. The number of thiophene rings is 1. The maximum absolute atomic E-state index is 11.9. The number of hydrogen-bond acceptors (Lipinski definition) is 3. The van der Waals surface area contributed by atoms with E-state index in [1.807, 2.05) is 18.2 Å². The van der Waals surface area contributed by atoms with E-state index >= 15 is 0 Å². The van der Waals surface area contributed by atoms with Crippen LogP contribution in [0.1, 0.15) is 14.5 Å². The SMILES string of the molecule is O=C(O)C=Cc1ccc(C(=O)Nc2ccccc2)s1. The van der Waals surface area contributed by atoms with Crippen molar-refractivity contribution in [3.05, 3.63) is 58.3 Å². The van der Waals surface area contributed by atoms with E-state index in [0.29, 0.717) is 4.88 Å². The number of benzene rings is 1. The topological polar surface area (TPSA) is 66.4 Å². The van der Waals surface area contributed by atoms with Crippen LogP contribution in [0.5, 0.6) is 0 Å². The van der Waals surface area contributed by atoms with Crippen LogP contribution >= 0.6 is 11.3 Å². The molecule has 0 spiro atoms. The van der Waals surface area contributed by atoms with Crippen molar-refractivity contribution >= 4 is 35.0 Å². The van der Waals surface area contributed by atoms with Gasteiger partial charge in [-0.25, -0.2) is 4.79 Å². The number of carbonyl (C=O) groups is 2. The second kappa shape index (κ2) is 5.97. The Kier molecular flexibility index (Phi) is 4.10. The van der Waals surface area contributed by atoms with Crippen LogP contribution in [0.2, 0.25) is 0 Å². The number of carbonyl (C=O) groups excluding carboxylic acids is 1. The first-order valence-corrected chi connectivity index (χ1v) is 6.34. The van der Waals surface area contributed by atoms with Crippen molar-refractivity contribution in [1.82, 2.24) is 0 Å². The Morgan fingerprint density at radius 1 is 1.11 bits per heavy atom. The van der Waals surface area contributed by atoms with E-state index in [2.05, 4.69) is 5.32 Å². The van der Waals surface area contributed by atoms with Gasteiger partial charge in [0.1, 0.15) is 0 Å². The van der Waals surface area contributed by atoms with E-state index in [1.54, 1.807) is 24.3 Å². The Morgan fingerprint density at radius 2 is 1.84 bits per heavy atom. The summed E-state index contributed by atoms with van der Waals surface area (Å²) in [5.74, 6) is -1.21. The predicted octanol–water partition coefficient (Wildman–Crippen LogP) is 3.10. The van der Waals surface area contributed by atoms with E-state index in [0.717, 1.165) is 16.6 Å². The van der Waals surface area contributed by atoms with Crippen LogP contribution in [-0.4, -0.2) is 17.0 Å². The third-order valence-electron chi connectivity index (χ3n) is 2.27. The summed E-state index contributed by atoms with van der Waals surface area (Å²) in [5, 5.41) is 11.3. The molecule has 2 N–H and O–H groups in total. The molecule has 0 bridgehead atoms. The molecule has 2 rings (SSSR count). The van der Waals surface area contributed by atoms with E-state index < -0.39 is 5.97 Å². The molecule has 0 unspecified atom stereocenters. The number of nitrogens with one attached hydrogen (secondary N) is 1. The van der Waals surface area contributed by atoms with Gasteiger partial charge in [-0.2, -0.15) is 0 Å². The van der Waals surface area contributed by atoms with E-state index in [1.165, 1.54) is 17.4 Å². The first-order chi connectivity index (χ1) is 9.15. The van der Waals surface area contributed by atoms with Gasteiger partial charge in [0.2, 0.25) is 0 Å². The molecule has 1 amide bonds. The largest absolute Gasteiger partial charge is 0.478 e. The summed E-state index contributed by atoms with van der Waals surface area (Å²) in [6.07, 6.45) is 2.51. The van der Waals surface area contributed by atoms with Gasteiger partial charge in [0, 0.05) is 16.6 Å². The van der Waals surface area contributed by atoms with Crippen LogP contribution in [0.4, 0.5) is 5.69 Å². The van der Waals surface area contributed by atoms with E-state index in [-0.39, 0.29) is 5.91 Å². The van der Waals surface area contributed by atoms with Crippen molar-refractivity contribution < 1.29 is 14.7 Å². The summed E-state index contributed by atoms with van der Waals surface area (Å²) in [4.78, 5) is 23.6. The van der Waals surface area contributed by atoms with Gasteiger partial charge in [0.25, 0.3) is 5.91 Å². The highest BCUT2D eigenvalue weighted by Gasteiger charge is 2.08. The highest BCUT2D eigenvalue weighted by molar-refractivity contribution is 7.15. The minimum atomic E-state index is -1.01. The number of aliphatic carboxylic acids is 1. The molecule has 1 aromatic heterocycles. The lowest BCUT2D eigenvalue weighted by Gasteiger charge is -2.01. The standard InChI is InChI=1S/C14H11NO3S/c16-13(17)9-7-11-6-8-12(19-11)14(18)15-10-4-2-1-3-5-10/h1-9H,(H,15,18)(H,16,17). The van der Waals surface area contributed by atoms with Crippen LogP contribution in [0, 0.1) is 0 Å². The first-order valence-electron chi connectivity index (χ1n) is 5.52. The lowest BCUT2D eigenvalue weighted by atomic mass is 10.3. The average Bonchev–Trinajstić information content (AvgIpc) is 2.86. The first kappa shape index (κ1) is 13.0. The van der Waals surface area contributed by atoms with Crippen molar-refractivity contribution in [2.24, 2.45) is 0 Å². The highest BCUT2D eigenvalue weighted by Crippen LogP contribution is 2.19. The summed E-state index contributed by atoms with van der Waals surface area (Å²) in [5.41, 5.74) is 0.725. The minimum absolute atomic E-state index is 0.203. The van der Waals surface area contributed by atoms with E-state index in [9.17, 15) is 9.59 Å². The summed E-state index contributed by atoms with van der Waals surface area (Å²) in [6.45, 7) is 0. The fourth-order valence-electron chi connectivity index (χ4n) is 1.43. The number of carboxylic acid groups (broad SMARTS) is 1. The van der Waals surface area contributed by atoms with Crippen LogP contribution in [0.3, 0.4) is 0 Å². The molecule has 1 heterocycles. The minimum Gasteiger partial charge on any atom is -0.478 e. The van der Waals surface area contributed by atoms with Gasteiger partial charge in [-0.1, -0.05) is 18.2 Å². The molecule has 0 fully saturated rings. The fourth-order valence-corrected chi connectivity index (χ4v) is 2.24. The molecule has 0 radical (unpaired) electrons. The lowest BCUT2D eigenvalue weighted by Crippen LogP contribution is -2.09.